The minimum Gasteiger partial charge on any atom is -0.394 e. The van der Waals surface area contributed by atoms with Crippen molar-refractivity contribution in [3.63, 3.8) is 0 Å². The monoisotopic (exact) mass is 447 g/mol. The molecule has 3 heterocycles. The van der Waals surface area contributed by atoms with Crippen LogP contribution in [0.15, 0.2) is 55.0 Å². The van der Waals surface area contributed by atoms with E-state index in [0.717, 1.165) is 16.8 Å². The summed E-state index contributed by atoms with van der Waals surface area (Å²) in [6.07, 6.45) is 2.67. The van der Waals surface area contributed by atoms with Gasteiger partial charge in [-0.3, -0.25) is 4.98 Å². The van der Waals surface area contributed by atoms with Gasteiger partial charge in [0.2, 0.25) is 5.95 Å². The molecule has 0 radical (unpaired) electrons. The van der Waals surface area contributed by atoms with Crippen LogP contribution < -0.4 is 10.2 Å². The van der Waals surface area contributed by atoms with Gasteiger partial charge in [-0.1, -0.05) is 30.3 Å². The van der Waals surface area contributed by atoms with E-state index >= 15 is 0 Å². The number of benzene rings is 1. The molecular weight excluding hydrogens is 418 g/mol. The molecule has 0 aliphatic rings. The van der Waals surface area contributed by atoms with E-state index in [9.17, 15) is 5.11 Å². The number of aliphatic hydroxyl groups excluding tert-OH is 2. The summed E-state index contributed by atoms with van der Waals surface area (Å²) in [7, 11) is 1.97. The maximum atomic E-state index is 9.71. The molecule has 1 aromatic carbocycles. The number of hydrogen-bond donors (Lipinski definition) is 3. The minimum absolute atomic E-state index is 0.149. The molecule has 0 saturated carbocycles. The van der Waals surface area contributed by atoms with Gasteiger partial charge < -0.3 is 25.0 Å². The lowest BCUT2D eigenvalue weighted by atomic mass is 10.1. The van der Waals surface area contributed by atoms with E-state index in [2.05, 4.69) is 63.4 Å². The normalized spacial score (nSPS) is 12.3. The van der Waals surface area contributed by atoms with Crippen LogP contribution in [0.25, 0.3) is 22.4 Å². The maximum absolute atomic E-state index is 9.71. The van der Waals surface area contributed by atoms with Gasteiger partial charge in [0.1, 0.15) is 0 Å². The molecule has 0 amide bonds. The van der Waals surface area contributed by atoms with Crippen LogP contribution in [0.5, 0.6) is 0 Å². The van der Waals surface area contributed by atoms with Gasteiger partial charge in [-0.2, -0.15) is 9.97 Å². The summed E-state index contributed by atoms with van der Waals surface area (Å²) in [5, 5.41) is 21.8. The van der Waals surface area contributed by atoms with Gasteiger partial charge in [-0.15, -0.1) is 0 Å². The van der Waals surface area contributed by atoms with Crippen molar-refractivity contribution in [2.24, 2.45) is 0 Å². The Bertz CT molecular complexity index is 1190. The molecule has 0 aliphatic heterocycles. The first-order valence-corrected chi connectivity index (χ1v) is 10.9. The zero-order chi connectivity index (χ0) is 23.4. The number of fused-ring (bicyclic) bond motifs is 1. The zero-order valence-electron chi connectivity index (χ0n) is 19.0. The van der Waals surface area contributed by atoms with Crippen LogP contribution in [0.2, 0.25) is 0 Å². The van der Waals surface area contributed by atoms with E-state index in [1.807, 2.05) is 34.7 Å². The van der Waals surface area contributed by atoms with E-state index in [4.69, 9.17) is 5.11 Å². The van der Waals surface area contributed by atoms with E-state index < -0.39 is 6.10 Å². The van der Waals surface area contributed by atoms with Crippen LogP contribution in [-0.2, 0) is 6.54 Å². The molecule has 0 unspecified atom stereocenters. The molecule has 3 N–H and O–H groups in total. The average Bonchev–Trinajstić information content (AvgIpc) is 3.27. The fraction of sp³-hybridized carbons (Fsp3) is 0.333. The zero-order valence-corrected chi connectivity index (χ0v) is 19.0. The first-order valence-electron chi connectivity index (χ1n) is 10.9. The molecule has 1 atom stereocenters. The molecule has 33 heavy (non-hydrogen) atoms. The molecule has 9 heteroatoms. The van der Waals surface area contributed by atoms with Crippen LogP contribution in [0.4, 0.5) is 11.8 Å². The summed E-state index contributed by atoms with van der Waals surface area (Å²) in [6, 6.07) is 14.4. The second-order valence-electron chi connectivity index (χ2n) is 8.27. The van der Waals surface area contributed by atoms with Gasteiger partial charge >= 0.3 is 0 Å². The number of anilines is 2. The maximum Gasteiger partial charge on any atom is 0.226 e. The van der Waals surface area contributed by atoms with Crippen molar-refractivity contribution >= 4 is 22.9 Å². The topological polar surface area (TPSA) is 112 Å². The van der Waals surface area contributed by atoms with Gasteiger partial charge in [0, 0.05) is 37.9 Å². The summed E-state index contributed by atoms with van der Waals surface area (Å²) in [5.74, 6) is 1.07. The second-order valence-corrected chi connectivity index (χ2v) is 8.27. The molecule has 4 aromatic rings. The fourth-order valence-electron chi connectivity index (χ4n) is 3.56. The Morgan fingerprint density at radius 2 is 1.85 bits per heavy atom. The van der Waals surface area contributed by atoms with Crippen LogP contribution in [0.3, 0.4) is 0 Å². The van der Waals surface area contributed by atoms with E-state index in [-0.39, 0.29) is 19.2 Å². The van der Waals surface area contributed by atoms with Crippen molar-refractivity contribution in [3.8, 4) is 11.3 Å². The Hall–Kier alpha value is -3.56. The number of hydrogen-bond acceptors (Lipinski definition) is 8. The molecule has 9 nitrogen and oxygen atoms in total. The molecular formula is C24H29N7O2. The molecule has 0 bridgehead atoms. The standard InChI is InChI=1S/C24H29N7O2/c1-16(2)31-15-27-21-22(28-24(29-23(21)31)26-12-19(33)14-32)30(3)13-17-7-9-18(10-8-17)20-6-4-5-11-25-20/h4-11,15-16,19,32-33H,12-14H2,1-3H3,(H,26,28,29)/t19-/m1/s1. The highest BCUT2D eigenvalue weighted by Crippen LogP contribution is 2.27. The number of aromatic nitrogens is 5. The van der Waals surface area contributed by atoms with Crippen molar-refractivity contribution < 1.29 is 10.2 Å². The summed E-state index contributed by atoms with van der Waals surface area (Å²) >= 11 is 0. The number of nitrogens with zero attached hydrogens (tertiary/aromatic N) is 6. The highest BCUT2D eigenvalue weighted by molar-refractivity contribution is 5.85. The van der Waals surface area contributed by atoms with Gasteiger partial charge in [0.15, 0.2) is 17.0 Å². The summed E-state index contributed by atoms with van der Waals surface area (Å²) < 4.78 is 1.99. The lowest BCUT2D eigenvalue weighted by Gasteiger charge is -2.20. The molecule has 172 valence electrons. The van der Waals surface area contributed by atoms with Gasteiger partial charge in [0.25, 0.3) is 0 Å². The fourth-order valence-corrected chi connectivity index (χ4v) is 3.56. The van der Waals surface area contributed by atoms with E-state index in [1.54, 1.807) is 12.5 Å². The Morgan fingerprint density at radius 3 is 2.52 bits per heavy atom. The highest BCUT2D eigenvalue weighted by atomic mass is 16.3. The Balaban J connectivity index is 1.61. The number of pyridine rings is 1. The smallest absolute Gasteiger partial charge is 0.226 e. The SMILES string of the molecule is CC(C)n1cnc2c(N(C)Cc3ccc(-c4ccccn4)cc3)nc(NC[C@@H](O)CO)nc21. The predicted molar refractivity (Wildman–Crippen MR) is 129 cm³/mol. The number of imidazole rings is 1. The van der Waals surface area contributed by atoms with Gasteiger partial charge in [-0.25, -0.2) is 4.98 Å². The van der Waals surface area contributed by atoms with Crippen molar-refractivity contribution in [3.05, 3.63) is 60.6 Å². The minimum atomic E-state index is -0.891. The van der Waals surface area contributed by atoms with Crippen molar-refractivity contribution in [2.75, 3.05) is 30.4 Å². The van der Waals surface area contributed by atoms with Crippen molar-refractivity contribution in [2.45, 2.75) is 32.5 Å². The Morgan fingerprint density at radius 1 is 1.06 bits per heavy atom. The summed E-state index contributed by atoms with van der Waals surface area (Å²) in [6.45, 7) is 4.58. The van der Waals surface area contributed by atoms with Crippen molar-refractivity contribution in [1.82, 2.24) is 24.5 Å². The van der Waals surface area contributed by atoms with Crippen LogP contribution in [-0.4, -0.2) is 61.0 Å². The first-order chi connectivity index (χ1) is 16.0. The molecule has 0 spiro atoms. The molecule has 3 aromatic heterocycles. The molecule has 0 fully saturated rings. The lowest BCUT2D eigenvalue weighted by molar-refractivity contribution is 0.105. The predicted octanol–water partition coefficient (Wildman–Crippen LogP) is 2.87. The largest absolute Gasteiger partial charge is 0.394 e. The van der Waals surface area contributed by atoms with Crippen LogP contribution in [0.1, 0.15) is 25.5 Å². The van der Waals surface area contributed by atoms with Gasteiger partial charge in [0.05, 0.1) is 24.7 Å². The molecule has 4 rings (SSSR count). The highest BCUT2D eigenvalue weighted by Gasteiger charge is 2.18. The third kappa shape index (κ3) is 5.10. The number of aliphatic hydroxyl groups is 2. The second kappa shape index (κ2) is 9.93. The Labute approximate surface area is 192 Å². The third-order valence-corrected chi connectivity index (χ3v) is 5.36. The number of nitrogens with one attached hydrogen (secondary N) is 1. The summed E-state index contributed by atoms with van der Waals surface area (Å²) in [5.41, 5.74) is 4.56. The lowest BCUT2D eigenvalue weighted by Crippen LogP contribution is -2.25. The molecule has 0 saturated heterocycles. The number of rotatable bonds is 9. The molecule has 0 aliphatic carbocycles. The van der Waals surface area contributed by atoms with Crippen LogP contribution in [0, 0.1) is 0 Å². The van der Waals surface area contributed by atoms with E-state index in [1.165, 1.54) is 0 Å². The Kier molecular flexibility index (Phi) is 6.81. The average molecular weight is 448 g/mol. The van der Waals surface area contributed by atoms with E-state index in [0.29, 0.717) is 29.5 Å². The summed E-state index contributed by atoms with van der Waals surface area (Å²) in [4.78, 5) is 20.3. The van der Waals surface area contributed by atoms with Crippen molar-refractivity contribution in [1.29, 1.82) is 0 Å². The first kappa shape index (κ1) is 22.6. The quantitative estimate of drug-likeness (QED) is 0.359. The van der Waals surface area contributed by atoms with Gasteiger partial charge in [-0.05, 0) is 31.5 Å². The van der Waals surface area contributed by atoms with Crippen LogP contribution >= 0.6 is 0 Å². The third-order valence-electron chi connectivity index (χ3n) is 5.36.